The molecule has 0 spiro atoms. The van der Waals surface area contributed by atoms with Gasteiger partial charge in [0.05, 0.1) is 26.4 Å². The summed E-state index contributed by atoms with van der Waals surface area (Å²) in [5, 5.41) is 19.2. The van der Waals surface area contributed by atoms with Crippen LogP contribution in [0.4, 0.5) is 0 Å². The van der Waals surface area contributed by atoms with Crippen LogP contribution in [0.15, 0.2) is 97.2 Å². The quantitative estimate of drug-likeness (QED) is 0.0233. The molecule has 0 rings (SSSR count). The highest BCUT2D eigenvalue weighted by molar-refractivity contribution is 7.47. The molecule has 0 amide bonds. The van der Waals surface area contributed by atoms with Crippen LogP contribution in [0.5, 0.6) is 0 Å². The Kier molecular flexibility index (Phi) is 44.6. The molecule has 10 nitrogen and oxygen atoms in total. The van der Waals surface area contributed by atoms with Crippen molar-refractivity contribution >= 4 is 19.8 Å². The molecular formula is C52H87O10P. The van der Waals surface area contributed by atoms with Crippen LogP contribution in [0.3, 0.4) is 0 Å². The van der Waals surface area contributed by atoms with Gasteiger partial charge >= 0.3 is 19.8 Å². The Labute approximate surface area is 383 Å². The lowest BCUT2D eigenvalue weighted by Crippen LogP contribution is -2.28. The Morgan fingerprint density at radius 1 is 0.429 bits per heavy atom. The lowest BCUT2D eigenvalue weighted by molar-refractivity contribution is -0.153. The zero-order valence-corrected chi connectivity index (χ0v) is 40.1. The van der Waals surface area contributed by atoms with E-state index in [2.05, 4.69) is 111 Å². The number of ether oxygens (including phenoxy) is 2. The monoisotopic (exact) mass is 903 g/mol. The van der Waals surface area contributed by atoms with E-state index >= 15 is 0 Å². The van der Waals surface area contributed by atoms with Crippen molar-refractivity contribution in [3.05, 3.63) is 97.2 Å². The number of phosphoric acid groups is 1. The van der Waals surface area contributed by atoms with Crippen molar-refractivity contribution in [2.45, 2.75) is 193 Å². The first-order valence-electron chi connectivity index (χ1n) is 24.2. The minimum absolute atomic E-state index is 0.170. The Morgan fingerprint density at radius 2 is 0.698 bits per heavy atom. The van der Waals surface area contributed by atoms with Gasteiger partial charge in [0.2, 0.25) is 0 Å². The van der Waals surface area contributed by atoms with Gasteiger partial charge in [-0.25, -0.2) is 4.57 Å². The summed E-state index contributed by atoms with van der Waals surface area (Å²) in [6.07, 6.45) is 58.0. The Hall–Kier alpha value is -3.11. The number of unbranched alkanes of at least 4 members (excludes halogenated alkanes) is 14. The van der Waals surface area contributed by atoms with Crippen LogP contribution in [-0.2, 0) is 32.7 Å². The van der Waals surface area contributed by atoms with E-state index in [9.17, 15) is 29.3 Å². The van der Waals surface area contributed by atoms with E-state index in [0.717, 1.165) is 116 Å². The fourth-order valence-electron chi connectivity index (χ4n) is 6.16. The Bertz CT molecular complexity index is 1360. The second-order valence-corrected chi connectivity index (χ2v) is 17.1. The molecule has 0 saturated heterocycles. The van der Waals surface area contributed by atoms with Crippen LogP contribution in [0.1, 0.15) is 181 Å². The number of carbonyl (C=O) groups excluding carboxylic acids is 2. The average molecular weight is 903 g/mol. The lowest BCUT2D eigenvalue weighted by atomic mass is 10.1. The summed E-state index contributed by atoms with van der Waals surface area (Å²) in [6.45, 7) is 1.95. The van der Waals surface area contributed by atoms with Gasteiger partial charge in [-0.1, -0.05) is 175 Å². The third-order valence-electron chi connectivity index (χ3n) is 9.79. The highest BCUT2D eigenvalue weighted by Gasteiger charge is 2.27. The number of carbonyl (C=O) groups is 2. The number of phosphoric ester groups is 1. The first-order chi connectivity index (χ1) is 30.8. The summed E-state index contributed by atoms with van der Waals surface area (Å²) in [5.41, 5.74) is 0. The van der Waals surface area contributed by atoms with Crippen LogP contribution in [0, 0.1) is 0 Å². The van der Waals surface area contributed by atoms with Crippen LogP contribution < -0.4 is 0 Å². The fourth-order valence-corrected chi connectivity index (χ4v) is 6.94. The highest BCUT2D eigenvalue weighted by atomic mass is 31.2. The molecule has 0 bridgehead atoms. The first-order valence-corrected chi connectivity index (χ1v) is 25.7. The smallest absolute Gasteiger partial charge is 0.457 e. The van der Waals surface area contributed by atoms with Crippen molar-refractivity contribution < 1.29 is 47.8 Å². The zero-order chi connectivity index (χ0) is 46.2. The number of rotatable bonds is 44. The average Bonchev–Trinajstić information content (AvgIpc) is 3.27. The standard InChI is InChI=1S/C52H87O10P/c1-3-5-7-9-11-13-15-17-19-21-23-24-26-28-30-32-34-36-38-40-42-44-52(56)62-50(46-54)48-60-63(57,58)59-47-49(45-53)61-51(55)43-41-39-37-35-33-31-29-27-25-22-20-18-16-14-12-10-8-6-4-2/h5-8,11-14,17-20,23-25,27,49-50,53-54H,3-4,9-10,15-16,21-22,26,28-48H2,1-2H3,(H,57,58)/b7-5-,8-6-,13-11-,14-12-,19-17-,20-18-,24-23-,27-25-. The molecule has 0 aliphatic rings. The maximum absolute atomic E-state index is 12.4. The maximum Gasteiger partial charge on any atom is 0.472 e. The predicted molar refractivity (Wildman–Crippen MR) is 260 cm³/mol. The van der Waals surface area contributed by atoms with E-state index in [1.165, 1.54) is 25.7 Å². The molecule has 63 heavy (non-hydrogen) atoms. The van der Waals surface area contributed by atoms with Crippen molar-refractivity contribution in [2.75, 3.05) is 26.4 Å². The number of hydrogen-bond acceptors (Lipinski definition) is 9. The molecule has 0 aliphatic heterocycles. The molecular weight excluding hydrogens is 816 g/mol. The second kappa shape index (κ2) is 46.9. The molecule has 360 valence electrons. The van der Waals surface area contributed by atoms with Gasteiger partial charge in [-0.15, -0.1) is 0 Å². The van der Waals surface area contributed by atoms with E-state index in [1.807, 2.05) is 0 Å². The molecule has 0 aromatic rings. The molecule has 3 N–H and O–H groups in total. The van der Waals surface area contributed by atoms with Gasteiger partial charge in [-0.3, -0.25) is 18.6 Å². The summed E-state index contributed by atoms with van der Waals surface area (Å²) in [5.74, 6) is -1.05. The highest BCUT2D eigenvalue weighted by Crippen LogP contribution is 2.43. The number of aliphatic hydroxyl groups is 2. The second-order valence-electron chi connectivity index (χ2n) is 15.7. The molecule has 3 atom stereocenters. The van der Waals surface area contributed by atoms with Gasteiger partial charge in [0.1, 0.15) is 12.2 Å². The van der Waals surface area contributed by atoms with Gasteiger partial charge < -0.3 is 24.6 Å². The van der Waals surface area contributed by atoms with E-state index < -0.39 is 58.4 Å². The van der Waals surface area contributed by atoms with Gasteiger partial charge in [0, 0.05) is 12.8 Å². The maximum atomic E-state index is 12.4. The Morgan fingerprint density at radius 3 is 1.00 bits per heavy atom. The number of hydrogen-bond donors (Lipinski definition) is 3. The molecule has 11 heteroatoms. The Balaban J connectivity index is 3.92. The fraction of sp³-hybridized carbons (Fsp3) is 0.654. The van der Waals surface area contributed by atoms with Crippen molar-refractivity contribution in [3.8, 4) is 0 Å². The van der Waals surface area contributed by atoms with Crippen LogP contribution in [0.2, 0.25) is 0 Å². The molecule has 0 saturated carbocycles. The SMILES string of the molecule is CC/C=C\C/C=C\C/C=C\C/C=C\CCCCCCCCCCC(=O)OC(CO)COP(=O)(O)OCC(CO)OC(=O)CCCCCCCC/C=C\C/C=C\C/C=C\C/C=C\CC. The van der Waals surface area contributed by atoms with Gasteiger partial charge in [0.25, 0.3) is 0 Å². The topological polar surface area (TPSA) is 149 Å². The minimum Gasteiger partial charge on any atom is -0.457 e. The molecule has 0 fully saturated rings. The van der Waals surface area contributed by atoms with Gasteiger partial charge in [0.15, 0.2) is 0 Å². The zero-order valence-electron chi connectivity index (χ0n) is 39.3. The predicted octanol–water partition coefficient (Wildman–Crippen LogP) is 13.6. The normalized spacial score (nSPS) is 14.6. The molecule has 0 aliphatic carbocycles. The summed E-state index contributed by atoms with van der Waals surface area (Å²) in [6, 6.07) is 0. The number of esters is 2. The van der Waals surface area contributed by atoms with E-state index in [4.69, 9.17) is 18.5 Å². The van der Waals surface area contributed by atoms with Crippen LogP contribution >= 0.6 is 7.82 Å². The van der Waals surface area contributed by atoms with Crippen molar-refractivity contribution in [2.24, 2.45) is 0 Å². The minimum atomic E-state index is -4.66. The number of aliphatic hydroxyl groups excluding tert-OH is 2. The molecule has 0 radical (unpaired) electrons. The van der Waals surface area contributed by atoms with Crippen LogP contribution in [0.25, 0.3) is 0 Å². The lowest BCUT2D eigenvalue weighted by Gasteiger charge is -2.20. The summed E-state index contributed by atoms with van der Waals surface area (Å²) in [4.78, 5) is 34.7. The van der Waals surface area contributed by atoms with Gasteiger partial charge in [-0.05, 0) is 89.9 Å². The van der Waals surface area contributed by atoms with Crippen molar-refractivity contribution in [1.82, 2.24) is 0 Å². The van der Waals surface area contributed by atoms with E-state index in [0.29, 0.717) is 12.8 Å². The summed E-state index contributed by atoms with van der Waals surface area (Å²) in [7, 11) is -4.66. The number of allylic oxidation sites excluding steroid dienone is 16. The largest absolute Gasteiger partial charge is 0.472 e. The molecule has 0 aromatic carbocycles. The van der Waals surface area contributed by atoms with E-state index in [-0.39, 0.29) is 12.8 Å². The molecule has 3 unspecified atom stereocenters. The third kappa shape index (κ3) is 45.3. The first kappa shape index (κ1) is 59.9. The van der Waals surface area contributed by atoms with Crippen molar-refractivity contribution in [1.29, 1.82) is 0 Å². The van der Waals surface area contributed by atoms with Crippen molar-refractivity contribution in [3.63, 3.8) is 0 Å². The third-order valence-corrected chi connectivity index (χ3v) is 10.7. The molecule has 0 aromatic heterocycles. The van der Waals surface area contributed by atoms with Gasteiger partial charge in [-0.2, -0.15) is 0 Å². The van der Waals surface area contributed by atoms with E-state index in [1.54, 1.807) is 0 Å². The van der Waals surface area contributed by atoms with Crippen LogP contribution in [-0.4, -0.2) is 65.7 Å². The summed E-state index contributed by atoms with van der Waals surface area (Å²) >= 11 is 0. The summed E-state index contributed by atoms with van der Waals surface area (Å²) < 4.78 is 32.7. The molecule has 0 heterocycles.